The van der Waals surface area contributed by atoms with Gasteiger partial charge in [-0.3, -0.25) is 20.2 Å². The number of anilines is 2. The number of nitrogen functional groups attached to an aromatic ring is 1. The summed E-state index contributed by atoms with van der Waals surface area (Å²) < 4.78 is 10.9. The van der Waals surface area contributed by atoms with E-state index in [2.05, 4.69) is 10.7 Å². The van der Waals surface area contributed by atoms with E-state index in [0.717, 1.165) is 0 Å². The van der Waals surface area contributed by atoms with Crippen LogP contribution in [0, 0.1) is 10.1 Å². The molecule has 0 aliphatic carbocycles. The van der Waals surface area contributed by atoms with Crippen molar-refractivity contribution in [2.75, 3.05) is 29.3 Å². The highest BCUT2D eigenvalue weighted by Crippen LogP contribution is 2.23. The molecule has 0 aliphatic rings. The lowest BCUT2D eigenvalue weighted by Gasteiger charge is -2.07. The van der Waals surface area contributed by atoms with Crippen LogP contribution in [0.1, 0.15) is 0 Å². The summed E-state index contributed by atoms with van der Waals surface area (Å²) in [6.07, 6.45) is 1.60. The lowest BCUT2D eigenvalue weighted by molar-refractivity contribution is -0.384. The van der Waals surface area contributed by atoms with Crippen LogP contribution in [-0.2, 0) is 10.8 Å². The predicted molar refractivity (Wildman–Crippen MR) is 68.3 cm³/mol. The fourth-order valence-corrected chi connectivity index (χ4v) is 1.63. The molecule has 0 amide bonds. The third-order valence-corrected chi connectivity index (χ3v) is 2.79. The number of nitro benzene ring substituents is 1. The van der Waals surface area contributed by atoms with Gasteiger partial charge in [-0.05, 0) is 6.07 Å². The molecular formula is C9H14N4O3S. The van der Waals surface area contributed by atoms with Gasteiger partial charge in [0.25, 0.3) is 5.69 Å². The quantitative estimate of drug-likeness (QED) is 0.393. The van der Waals surface area contributed by atoms with Gasteiger partial charge in [0.2, 0.25) is 0 Å². The monoisotopic (exact) mass is 258 g/mol. The average molecular weight is 258 g/mol. The van der Waals surface area contributed by atoms with Gasteiger partial charge in [-0.25, -0.2) is 0 Å². The second-order valence-corrected chi connectivity index (χ2v) is 4.93. The Bertz CT molecular complexity index is 438. The standard InChI is InChI=1S/C9H14N4O3S/c1-17(16)3-2-11-7-4-8(12-10)6-9(5-7)13(14)15/h4-6,11-12H,2-3,10H2,1H3. The molecule has 4 N–H and O–H groups in total. The van der Waals surface area contributed by atoms with Crippen LogP contribution in [0.15, 0.2) is 18.2 Å². The SMILES string of the molecule is CS(=O)CCNc1cc(NN)cc([N+](=O)[O-])c1. The fraction of sp³-hybridized carbons (Fsp3) is 0.333. The maximum Gasteiger partial charge on any atom is 0.273 e. The molecule has 0 aliphatic heterocycles. The smallest absolute Gasteiger partial charge is 0.273 e. The van der Waals surface area contributed by atoms with Crippen LogP contribution in [-0.4, -0.2) is 27.7 Å². The molecule has 1 atom stereocenters. The van der Waals surface area contributed by atoms with Crippen LogP contribution in [0.5, 0.6) is 0 Å². The summed E-state index contributed by atoms with van der Waals surface area (Å²) in [6.45, 7) is 0.480. The summed E-state index contributed by atoms with van der Waals surface area (Å²) in [7, 11) is -0.897. The first-order valence-electron chi connectivity index (χ1n) is 4.83. The van der Waals surface area contributed by atoms with Gasteiger partial charge in [-0.2, -0.15) is 0 Å². The predicted octanol–water partition coefficient (Wildman–Crippen LogP) is 0.671. The van der Waals surface area contributed by atoms with Gasteiger partial charge in [0.05, 0.1) is 10.6 Å². The first kappa shape index (κ1) is 13.4. The number of hydrogen-bond acceptors (Lipinski definition) is 6. The first-order chi connectivity index (χ1) is 8.02. The molecule has 0 bridgehead atoms. The van der Waals surface area contributed by atoms with Gasteiger partial charge in [0.15, 0.2) is 0 Å². The van der Waals surface area contributed by atoms with Crippen molar-refractivity contribution in [2.45, 2.75) is 0 Å². The minimum Gasteiger partial charge on any atom is -0.384 e. The van der Waals surface area contributed by atoms with Crippen LogP contribution in [0.3, 0.4) is 0 Å². The largest absolute Gasteiger partial charge is 0.384 e. The molecule has 0 saturated heterocycles. The highest BCUT2D eigenvalue weighted by atomic mass is 32.2. The highest BCUT2D eigenvalue weighted by Gasteiger charge is 2.09. The van der Waals surface area contributed by atoms with E-state index in [1.54, 1.807) is 12.3 Å². The molecule has 7 nitrogen and oxygen atoms in total. The number of hydrogen-bond donors (Lipinski definition) is 3. The molecule has 17 heavy (non-hydrogen) atoms. The zero-order valence-electron chi connectivity index (χ0n) is 9.30. The van der Waals surface area contributed by atoms with E-state index in [-0.39, 0.29) is 5.69 Å². The first-order valence-corrected chi connectivity index (χ1v) is 6.55. The Morgan fingerprint density at radius 1 is 1.41 bits per heavy atom. The Hall–Kier alpha value is -1.67. The normalized spacial score (nSPS) is 11.9. The zero-order valence-corrected chi connectivity index (χ0v) is 10.1. The molecule has 0 heterocycles. The number of non-ortho nitro benzene ring substituents is 1. The third-order valence-electron chi connectivity index (χ3n) is 2.01. The fourth-order valence-electron chi connectivity index (χ4n) is 1.24. The van der Waals surface area contributed by atoms with Crippen molar-refractivity contribution in [1.29, 1.82) is 0 Å². The zero-order chi connectivity index (χ0) is 12.8. The van der Waals surface area contributed by atoms with Crippen LogP contribution in [0.25, 0.3) is 0 Å². The van der Waals surface area contributed by atoms with Gasteiger partial charge < -0.3 is 10.7 Å². The maximum absolute atomic E-state index is 10.9. The molecule has 0 saturated carbocycles. The van der Waals surface area contributed by atoms with Crippen LogP contribution >= 0.6 is 0 Å². The van der Waals surface area contributed by atoms with Crippen LogP contribution in [0.2, 0.25) is 0 Å². The van der Waals surface area contributed by atoms with Gasteiger partial charge in [0.1, 0.15) is 0 Å². The summed E-state index contributed by atoms with van der Waals surface area (Å²) in [4.78, 5) is 10.2. The number of nitrogens with two attached hydrogens (primary N) is 1. The van der Waals surface area contributed by atoms with Gasteiger partial charge in [0, 0.05) is 47.2 Å². The summed E-state index contributed by atoms with van der Waals surface area (Å²) >= 11 is 0. The Labute approximate surface area is 101 Å². The van der Waals surface area contributed by atoms with Crippen molar-refractivity contribution >= 4 is 27.9 Å². The Morgan fingerprint density at radius 2 is 2.06 bits per heavy atom. The molecule has 0 radical (unpaired) electrons. The van der Waals surface area contributed by atoms with Crippen LogP contribution in [0.4, 0.5) is 17.1 Å². The van der Waals surface area contributed by atoms with E-state index in [4.69, 9.17) is 5.84 Å². The van der Waals surface area contributed by atoms with Gasteiger partial charge in [-0.15, -0.1) is 0 Å². The summed E-state index contributed by atoms with van der Waals surface area (Å²) in [6, 6.07) is 4.38. The molecule has 0 aromatic heterocycles. The summed E-state index contributed by atoms with van der Waals surface area (Å²) in [5.41, 5.74) is 3.31. The Kier molecular flexibility index (Phi) is 4.85. The molecule has 1 aromatic carbocycles. The van der Waals surface area contributed by atoms with Crippen molar-refractivity contribution in [2.24, 2.45) is 5.84 Å². The minimum absolute atomic E-state index is 0.0550. The second kappa shape index (κ2) is 6.16. The van der Waals surface area contributed by atoms with Crippen LogP contribution < -0.4 is 16.6 Å². The lowest BCUT2D eigenvalue weighted by Crippen LogP contribution is -2.11. The number of nitrogens with one attached hydrogen (secondary N) is 2. The van der Waals surface area contributed by atoms with E-state index in [0.29, 0.717) is 23.7 Å². The molecule has 0 fully saturated rings. The average Bonchev–Trinajstić information content (AvgIpc) is 2.28. The summed E-state index contributed by atoms with van der Waals surface area (Å²) in [5.74, 6) is 5.70. The number of benzene rings is 1. The number of hydrazine groups is 1. The minimum atomic E-state index is -0.897. The van der Waals surface area contributed by atoms with Gasteiger partial charge >= 0.3 is 0 Å². The van der Waals surface area contributed by atoms with Crippen molar-refractivity contribution in [3.8, 4) is 0 Å². The molecule has 8 heteroatoms. The van der Waals surface area contributed by atoms with E-state index >= 15 is 0 Å². The lowest BCUT2D eigenvalue weighted by atomic mass is 10.2. The van der Waals surface area contributed by atoms with Crippen molar-refractivity contribution < 1.29 is 9.13 Å². The van der Waals surface area contributed by atoms with E-state index in [1.807, 2.05) is 0 Å². The topological polar surface area (TPSA) is 110 Å². The highest BCUT2D eigenvalue weighted by molar-refractivity contribution is 7.84. The number of nitrogens with zero attached hydrogens (tertiary/aromatic N) is 1. The second-order valence-electron chi connectivity index (χ2n) is 3.37. The van der Waals surface area contributed by atoms with Crippen molar-refractivity contribution in [3.05, 3.63) is 28.3 Å². The van der Waals surface area contributed by atoms with Crippen molar-refractivity contribution in [3.63, 3.8) is 0 Å². The molecule has 0 spiro atoms. The number of nitro groups is 1. The third kappa shape index (κ3) is 4.37. The van der Waals surface area contributed by atoms with Crippen molar-refractivity contribution in [1.82, 2.24) is 0 Å². The molecule has 1 unspecified atom stereocenters. The Morgan fingerprint density at radius 3 is 2.59 bits per heavy atom. The summed E-state index contributed by atoms with van der Waals surface area (Å²) in [5, 5.41) is 13.6. The molecule has 94 valence electrons. The van der Waals surface area contributed by atoms with Gasteiger partial charge in [-0.1, -0.05) is 0 Å². The maximum atomic E-state index is 10.9. The van der Waals surface area contributed by atoms with E-state index in [9.17, 15) is 14.3 Å². The number of rotatable bonds is 6. The molecule has 1 aromatic rings. The Balaban J connectivity index is 2.80. The molecular weight excluding hydrogens is 244 g/mol. The van der Waals surface area contributed by atoms with E-state index < -0.39 is 15.7 Å². The van der Waals surface area contributed by atoms with E-state index in [1.165, 1.54) is 12.1 Å². The molecule has 1 rings (SSSR count).